The van der Waals surface area contributed by atoms with E-state index in [9.17, 15) is 9.59 Å². The van der Waals surface area contributed by atoms with E-state index >= 15 is 0 Å². The Bertz CT molecular complexity index is 991. The van der Waals surface area contributed by atoms with Gasteiger partial charge in [-0.2, -0.15) is 0 Å². The molecule has 0 unspecified atom stereocenters. The lowest BCUT2D eigenvalue weighted by Gasteiger charge is -2.46. The molecule has 1 aliphatic heterocycles. The highest BCUT2D eigenvalue weighted by molar-refractivity contribution is 5.88. The summed E-state index contributed by atoms with van der Waals surface area (Å²) >= 11 is 0. The maximum atomic E-state index is 12.7. The van der Waals surface area contributed by atoms with E-state index in [1.165, 1.54) is 18.9 Å². The van der Waals surface area contributed by atoms with Crippen LogP contribution in [0.1, 0.15) is 12.8 Å². The minimum atomic E-state index is -0.114. The average Bonchev–Trinajstić information content (AvgIpc) is 3.55. The van der Waals surface area contributed by atoms with E-state index in [-0.39, 0.29) is 17.5 Å². The molecular weight excluding hydrogens is 380 g/mol. The van der Waals surface area contributed by atoms with Crippen molar-refractivity contribution in [2.24, 2.45) is 11.7 Å². The van der Waals surface area contributed by atoms with Gasteiger partial charge >= 0.3 is 0 Å². The van der Waals surface area contributed by atoms with Gasteiger partial charge < -0.3 is 25.8 Å². The van der Waals surface area contributed by atoms with Crippen LogP contribution in [0.5, 0.6) is 0 Å². The molecule has 1 saturated carbocycles. The summed E-state index contributed by atoms with van der Waals surface area (Å²) in [4.78, 5) is 36.2. The van der Waals surface area contributed by atoms with Crippen LogP contribution in [0.4, 0.5) is 11.4 Å². The highest BCUT2D eigenvalue weighted by Crippen LogP contribution is 2.34. The smallest absolute Gasteiger partial charge is 0.271 e. The number of carbonyl (C=O) groups is 1. The number of nitrogens with zero attached hydrogens (tertiary/aromatic N) is 3. The Morgan fingerprint density at radius 3 is 2.90 bits per heavy atom. The summed E-state index contributed by atoms with van der Waals surface area (Å²) in [5.41, 5.74) is 8.58. The van der Waals surface area contributed by atoms with Crippen molar-refractivity contribution in [3.8, 4) is 11.3 Å². The number of nitrogens with two attached hydrogens (primary N) is 1. The third kappa shape index (κ3) is 4.38. The molecular formula is C22H28N6O2. The highest BCUT2D eigenvalue weighted by atomic mass is 16.2. The molecule has 158 valence electrons. The summed E-state index contributed by atoms with van der Waals surface area (Å²) in [6.07, 6.45) is 9.02. The number of H-pyrrole nitrogens is 1. The lowest BCUT2D eigenvalue weighted by atomic mass is 10.0. The molecule has 8 heteroatoms. The Morgan fingerprint density at radius 2 is 2.20 bits per heavy atom. The first-order valence-electron chi connectivity index (χ1n) is 10.4. The first-order valence-corrected chi connectivity index (χ1v) is 10.4. The second-order valence-electron chi connectivity index (χ2n) is 7.91. The number of amides is 1. The SMILES string of the molecule is CNc1ccnc(-c2c[nH]c(=O)c(N(CC3CC3)C3CN(C(=O)/C=C/CN)C3)c2)c1. The molecule has 0 radical (unpaired) electrons. The van der Waals surface area contributed by atoms with Crippen molar-refractivity contribution >= 4 is 17.3 Å². The monoisotopic (exact) mass is 408 g/mol. The van der Waals surface area contributed by atoms with Crippen LogP contribution >= 0.6 is 0 Å². The fourth-order valence-corrected chi connectivity index (χ4v) is 3.71. The van der Waals surface area contributed by atoms with Crippen LogP contribution in [0.3, 0.4) is 0 Å². The molecule has 2 aliphatic rings. The standard InChI is InChI=1S/C22H28N6O2/c1-24-17-6-8-25-19(10-17)16-9-20(22(30)26-11-16)28(12-15-4-5-15)18-13-27(14-18)21(29)3-2-7-23/h2-3,6,8-11,15,18H,4-5,7,12-14,23H2,1H3,(H,24,25)(H,26,30)/b3-2+. The molecule has 0 spiro atoms. The van der Waals surface area contributed by atoms with Gasteiger partial charge in [-0.05, 0) is 37.0 Å². The van der Waals surface area contributed by atoms with E-state index in [0.717, 1.165) is 23.5 Å². The molecule has 8 nitrogen and oxygen atoms in total. The van der Waals surface area contributed by atoms with Crippen molar-refractivity contribution < 1.29 is 4.79 Å². The normalized spacial score (nSPS) is 16.5. The summed E-state index contributed by atoms with van der Waals surface area (Å²) in [7, 11) is 1.86. The van der Waals surface area contributed by atoms with Crippen molar-refractivity contribution in [2.45, 2.75) is 18.9 Å². The number of pyridine rings is 2. The van der Waals surface area contributed by atoms with Gasteiger partial charge in [-0.15, -0.1) is 0 Å². The second kappa shape index (κ2) is 8.71. The number of rotatable bonds is 8. The molecule has 0 aromatic carbocycles. The summed E-state index contributed by atoms with van der Waals surface area (Å²) in [5, 5.41) is 3.11. The summed E-state index contributed by atoms with van der Waals surface area (Å²) in [6.45, 7) is 2.40. The average molecular weight is 409 g/mol. The zero-order chi connectivity index (χ0) is 21.1. The maximum absolute atomic E-state index is 12.7. The number of anilines is 2. The van der Waals surface area contributed by atoms with Crippen molar-refractivity contribution in [3.63, 3.8) is 0 Å². The lowest BCUT2D eigenvalue weighted by molar-refractivity contribution is -0.130. The van der Waals surface area contributed by atoms with Gasteiger partial charge in [0.25, 0.3) is 5.56 Å². The van der Waals surface area contributed by atoms with Gasteiger partial charge in [0.2, 0.25) is 5.91 Å². The zero-order valence-electron chi connectivity index (χ0n) is 17.2. The van der Waals surface area contributed by atoms with Gasteiger partial charge in [-0.3, -0.25) is 14.6 Å². The van der Waals surface area contributed by atoms with Crippen LogP contribution in [-0.2, 0) is 4.79 Å². The zero-order valence-corrected chi connectivity index (χ0v) is 17.2. The van der Waals surface area contributed by atoms with Crippen LogP contribution in [0, 0.1) is 5.92 Å². The molecule has 3 heterocycles. The van der Waals surface area contributed by atoms with Crippen LogP contribution in [0.15, 0.2) is 47.5 Å². The Morgan fingerprint density at radius 1 is 1.40 bits per heavy atom. The van der Waals surface area contributed by atoms with Crippen LogP contribution in [0.2, 0.25) is 0 Å². The summed E-state index contributed by atoms with van der Waals surface area (Å²) in [5.74, 6) is 0.583. The number of nitrogens with one attached hydrogen (secondary N) is 2. The molecule has 1 amide bonds. The number of aromatic nitrogens is 2. The molecule has 0 bridgehead atoms. The largest absolute Gasteiger partial charge is 0.388 e. The van der Waals surface area contributed by atoms with Gasteiger partial charge in [0.05, 0.1) is 11.7 Å². The van der Waals surface area contributed by atoms with E-state index in [1.54, 1.807) is 23.4 Å². The first-order chi connectivity index (χ1) is 14.6. The molecule has 30 heavy (non-hydrogen) atoms. The van der Waals surface area contributed by atoms with Gasteiger partial charge in [0.15, 0.2) is 0 Å². The molecule has 4 N–H and O–H groups in total. The van der Waals surface area contributed by atoms with Crippen LogP contribution < -0.4 is 21.5 Å². The molecule has 1 aliphatic carbocycles. The summed E-state index contributed by atoms with van der Waals surface area (Å²) < 4.78 is 0. The van der Waals surface area contributed by atoms with Crippen molar-refractivity contribution in [2.75, 3.05) is 43.4 Å². The van der Waals surface area contributed by atoms with E-state index in [4.69, 9.17) is 5.73 Å². The lowest BCUT2D eigenvalue weighted by Crippen LogP contribution is -2.62. The maximum Gasteiger partial charge on any atom is 0.271 e. The van der Waals surface area contributed by atoms with Gasteiger partial charge in [0, 0.05) is 62.9 Å². The van der Waals surface area contributed by atoms with Crippen molar-refractivity contribution in [3.05, 3.63) is 53.1 Å². The van der Waals surface area contributed by atoms with E-state index < -0.39 is 0 Å². The van der Waals surface area contributed by atoms with E-state index in [1.807, 2.05) is 25.2 Å². The minimum Gasteiger partial charge on any atom is -0.388 e. The second-order valence-corrected chi connectivity index (χ2v) is 7.91. The predicted octanol–water partition coefficient (Wildman–Crippen LogP) is 1.42. The van der Waals surface area contributed by atoms with Gasteiger partial charge in [-0.25, -0.2) is 0 Å². The fourth-order valence-electron chi connectivity index (χ4n) is 3.71. The quantitative estimate of drug-likeness (QED) is 0.570. The number of hydrogen-bond donors (Lipinski definition) is 3. The molecule has 0 atom stereocenters. The minimum absolute atomic E-state index is 0.0289. The number of likely N-dealkylation sites (tertiary alicyclic amines) is 1. The number of carbonyl (C=O) groups excluding carboxylic acids is 1. The third-order valence-electron chi connectivity index (χ3n) is 5.70. The van der Waals surface area contributed by atoms with Gasteiger partial charge in [-0.1, -0.05) is 6.08 Å². The molecule has 2 fully saturated rings. The van der Waals surface area contributed by atoms with E-state index in [2.05, 4.69) is 20.2 Å². The Kier molecular flexibility index (Phi) is 5.85. The Labute approximate surface area is 175 Å². The number of hydrogen-bond acceptors (Lipinski definition) is 6. The third-order valence-corrected chi connectivity index (χ3v) is 5.70. The molecule has 2 aromatic heterocycles. The number of aromatic amines is 1. The van der Waals surface area contributed by atoms with Gasteiger partial charge in [0.1, 0.15) is 5.69 Å². The van der Waals surface area contributed by atoms with Crippen molar-refractivity contribution in [1.82, 2.24) is 14.9 Å². The highest BCUT2D eigenvalue weighted by Gasteiger charge is 2.37. The molecule has 1 saturated heterocycles. The Balaban J connectivity index is 1.58. The predicted molar refractivity (Wildman–Crippen MR) is 118 cm³/mol. The first kappa shape index (κ1) is 20.2. The van der Waals surface area contributed by atoms with Crippen LogP contribution in [-0.4, -0.2) is 60.0 Å². The molecule has 2 aromatic rings. The van der Waals surface area contributed by atoms with Crippen LogP contribution in [0.25, 0.3) is 11.3 Å². The molecule has 4 rings (SSSR count). The Hall–Kier alpha value is -3.13. The summed E-state index contributed by atoms with van der Waals surface area (Å²) in [6, 6.07) is 5.90. The fraction of sp³-hybridized carbons (Fsp3) is 0.409. The van der Waals surface area contributed by atoms with E-state index in [0.29, 0.717) is 31.2 Å². The topological polar surface area (TPSA) is 107 Å². The van der Waals surface area contributed by atoms with Crippen molar-refractivity contribution in [1.29, 1.82) is 0 Å².